The number of amides is 2. The molecule has 23 heavy (non-hydrogen) atoms. The third-order valence-electron chi connectivity index (χ3n) is 4.18. The molecule has 1 aliphatic carbocycles. The fraction of sp³-hybridized carbons (Fsp3) is 0.412. The van der Waals surface area contributed by atoms with Crippen LogP contribution in [0, 0.1) is 0 Å². The van der Waals surface area contributed by atoms with Gasteiger partial charge in [-0.1, -0.05) is 30.3 Å². The maximum Gasteiger partial charge on any atom is 0.315 e. The summed E-state index contributed by atoms with van der Waals surface area (Å²) in [7, 11) is 0. The summed E-state index contributed by atoms with van der Waals surface area (Å²) in [5, 5.41) is 19.3. The standard InChI is InChI=1S/C17H22N4O2/c22-10-9-21-16-8-4-7-15(14(16)12-19-21)20-17(23)18-11-13-5-2-1-3-6-13/h1-3,5-6,12,15,22H,4,7-11H2,(H2,18,20,23)/t15-/m0/s1. The van der Waals surface area contributed by atoms with Crippen LogP contribution < -0.4 is 10.6 Å². The van der Waals surface area contributed by atoms with Crippen molar-refractivity contribution in [2.75, 3.05) is 6.61 Å². The lowest BCUT2D eigenvalue weighted by atomic mass is 9.93. The lowest BCUT2D eigenvalue weighted by Crippen LogP contribution is -2.38. The molecule has 1 heterocycles. The summed E-state index contributed by atoms with van der Waals surface area (Å²) in [5.74, 6) is 0. The highest BCUT2D eigenvalue weighted by molar-refractivity contribution is 5.74. The van der Waals surface area contributed by atoms with Crippen molar-refractivity contribution in [1.29, 1.82) is 0 Å². The summed E-state index contributed by atoms with van der Waals surface area (Å²) in [5.41, 5.74) is 3.26. The number of nitrogens with one attached hydrogen (secondary N) is 2. The lowest BCUT2D eigenvalue weighted by Gasteiger charge is -2.24. The number of carbonyl (C=O) groups is 1. The smallest absolute Gasteiger partial charge is 0.315 e. The molecule has 0 fully saturated rings. The number of aliphatic hydroxyl groups is 1. The van der Waals surface area contributed by atoms with E-state index in [0.29, 0.717) is 13.1 Å². The Balaban J connectivity index is 1.59. The number of aliphatic hydroxyl groups excluding tert-OH is 1. The number of carbonyl (C=O) groups excluding carboxylic acids is 1. The van der Waals surface area contributed by atoms with Crippen LogP contribution in [0.4, 0.5) is 4.79 Å². The Labute approximate surface area is 135 Å². The molecule has 1 atom stereocenters. The molecule has 122 valence electrons. The zero-order chi connectivity index (χ0) is 16.1. The molecule has 1 aliphatic rings. The van der Waals surface area contributed by atoms with E-state index >= 15 is 0 Å². The van der Waals surface area contributed by atoms with Crippen LogP contribution in [0.1, 0.15) is 35.7 Å². The molecule has 0 unspecified atom stereocenters. The van der Waals surface area contributed by atoms with E-state index in [2.05, 4.69) is 15.7 Å². The molecule has 6 nitrogen and oxygen atoms in total. The van der Waals surface area contributed by atoms with E-state index in [1.54, 1.807) is 0 Å². The Morgan fingerprint density at radius 2 is 2.17 bits per heavy atom. The maximum atomic E-state index is 12.1. The number of nitrogens with zero attached hydrogens (tertiary/aromatic N) is 2. The molecule has 1 aromatic heterocycles. The van der Waals surface area contributed by atoms with E-state index in [9.17, 15) is 4.79 Å². The molecular formula is C17H22N4O2. The average molecular weight is 314 g/mol. The van der Waals surface area contributed by atoms with Gasteiger partial charge >= 0.3 is 6.03 Å². The van der Waals surface area contributed by atoms with Crippen LogP contribution in [0.25, 0.3) is 0 Å². The second kappa shape index (κ2) is 7.28. The van der Waals surface area contributed by atoms with Crippen molar-refractivity contribution >= 4 is 6.03 Å². The SMILES string of the molecule is O=C(NCc1ccccc1)N[C@H]1CCCc2c1cnn2CCO. The zero-order valence-corrected chi connectivity index (χ0v) is 13.0. The molecule has 1 aromatic carbocycles. The quantitative estimate of drug-likeness (QED) is 0.787. The van der Waals surface area contributed by atoms with Crippen molar-refractivity contribution < 1.29 is 9.90 Å². The minimum Gasteiger partial charge on any atom is -0.394 e. The molecule has 3 rings (SSSR count). The predicted molar refractivity (Wildman–Crippen MR) is 86.8 cm³/mol. The number of fused-ring (bicyclic) bond motifs is 1. The number of urea groups is 1. The summed E-state index contributed by atoms with van der Waals surface area (Å²) in [6, 6.07) is 9.66. The van der Waals surface area contributed by atoms with E-state index in [4.69, 9.17) is 5.11 Å². The zero-order valence-electron chi connectivity index (χ0n) is 13.0. The molecule has 3 N–H and O–H groups in total. The highest BCUT2D eigenvalue weighted by Crippen LogP contribution is 2.29. The Morgan fingerprint density at radius 3 is 2.96 bits per heavy atom. The van der Waals surface area contributed by atoms with Gasteiger partial charge in [0.25, 0.3) is 0 Å². The van der Waals surface area contributed by atoms with Crippen LogP contribution >= 0.6 is 0 Å². The molecule has 0 saturated carbocycles. The summed E-state index contributed by atoms with van der Waals surface area (Å²) in [4.78, 5) is 12.1. The van der Waals surface area contributed by atoms with Gasteiger partial charge in [0.05, 0.1) is 25.4 Å². The Bertz CT molecular complexity index is 654. The normalized spacial score (nSPS) is 16.7. The summed E-state index contributed by atoms with van der Waals surface area (Å²) in [6.07, 6.45) is 4.68. The molecule has 0 radical (unpaired) electrons. The second-order valence-electron chi connectivity index (χ2n) is 5.75. The maximum absolute atomic E-state index is 12.1. The van der Waals surface area contributed by atoms with Crippen LogP contribution in [-0.2, 0) is 19.5 Å². The Morgan fingerprint density at radius 1 is 1.35 bits per heavy atom. The van der Waals surface area contributed by atoms with E-state index in [0.717, 1.165) is 36.1 Å². The van der Waals surface area contributed by atoms with Gasteiger partial charge in [0, 0.05) is 17.8 Å². The molecule has 0 saturated heterocycles. The van der Waals surface area contributed by atoms with E-state index in [1.165, 1.54) is 0 Å². The molecule has 0 spiro atoms. The van der Waals surface area contributed by atoms with Crippen molar-refractivity contribution in [2.24, 2.45) is 0 Å². The third kappa shape index (κ3) is 3.71. The van der Waals surface area contributed by atoms with Crippen molar-refractivity contribution in [3.05, 3.63) is 53.3 Å². The second-order valence-corrected chi connectivity index (χ2v) is 5.75. The fourth-order valence-electron chi connectivity index (χ4n) is 3.04. The number of rotatable bonds is 5. The van der Waals surface area contributed by atoms with Gasteiger partial charge in [-0.2, -0.15) is 5.10 Å². The van der Waals surface area contributed by atoms with Crippen molar-refractivity contribution in [3.63, 3.8) is 0 Å². The van der Waals surface area contributed by atoms with Crippen molar-refractivity contribution in [1.82, 2.24) is 20.4 Å². The minimum atomic E-state index is -0.165. The first-order chi connectivity index (χ1) is 11.3. The third-order valence-corrected chi connectivity index (χ3v) is 4.18. The van der Waals surface area contributed by atoms with Crippen molar-refractivity contribution in [2.45, 2.75) is 38.4 Å². The first kappa shape index (κ1) is 15.6. The summed E-state index contributed by atoms with van der Waals surface area (Å²) < 4.78 is 1.84. The minimum absolute atomic E-state index is 0.0121. The largest absolute Gasteiger partial charge is 0.394 e. The number of hydrogen-bond donors (Lipinski definition) is 3. The van der Waals surface area contributed by atoms with Gasteiger partial charge < -0.3 is 15.7 Å². The van der Waals surface area contributed by atoms with Crippen LogP contribution in [-0.4, -0.2) is 27.5 Å². The Hall–Kier alpha value is -2.34. The summed E-state index contributed by atoms with van der Waals surface area (Å²) in [6.45, 7) is 1.09. The fourth-order valence-corrected chi connectivity index (χ4v) is 3.04. The molecule has 2 aromatic rings. The average Bonchev–Trinajstić information content (AvgIpc) is 2.99. The number of hydrogen-bond acceptors (Lipinski definition) is 3. The van der Waals surface area contributed by atoms with Crippen LogP contribution in [0.5, 0.6) is 0 Å². The lowest BCUT2D eigenvalue weighted by molar-refractivity contribution is 0.234. The monoisotopic (exact) mass is 314 g/mol. The Kier molecular flexibility index (Phi) is 4.92. The number of benzene rings is 1. The molecule has 2 amide bonds. The van der Waals surface area contributed by atoms with E-state index in [1.807, 2.05) is 41.2 Å². The van der Waals surface area contributed by atoms with Crippen molar-refractivity contribution in [3.8, 4) is 0 Å². The van der Waals surface area contributed by atoms with Gasteiger partial charge in [-0.3, -0.25) is 4.68 Å². The first-order valence-corrected chi connectivity index (χ1v) is 8.01. The highest BCUT2D eigenvalue weighted by Gasteiger charge is 2.25. The van der Waals surface area contributed by atoms with Gasteiger partial charge in [0.15, 0.2) is 0 Å². The summed E-state index contributed by atoms with van der Waals surface area (Å²) >= 11 is 0. The van der Waals surface area contributed by atoms with Gasteiger partial charge in [-0.05, 0) is 24.8 Å². The molecule has 0 bridgehead atoms. The van der Waals surface area contributed by atoms with Gasteiger partial charge in [-0.25, -0.2) is 4.79 Å². The van der Waals surface area contributed by atoms with Crippen LogP contribution in [0.3, 0.4) is 0 Å². The van der Waals surface area contributed by atoms with E-state index < -0.39 is 0 Å². The molecule has 0 aliphatic heterocycles. The molecule has 6 heteroatoms. The first-order valence-electron chi connectivity index (χ1n) is 8.01. The van der Waals surface area contributed by atoms with Crippen LogP contribution in [0.2, 0.25) is 0 Å². The van der Waals surface area contributed by atoms with Gasteiger partial charge in [0.1, 0.15) is 0 Å². The van der Waals surface area contributed by atoms with Gasteiger partial charge in [-0.15, -0.1) is 0 Å². The molecular weight excluding hydrogens is 292 g/mol. The van der Waals surface area contributed by atoms with E-state index in [-0.39, 0.29) is 18.7 Å². The number of aromatic nitrogens is 2. The highest BCUT2D eigenvalue weighted by atomic mass is 16.3. The van der Waals surface area contributed by atoms with Crippen LogP contribution in [0.15, 0.2) is 36.5 Å². The topological polar surface area (TPSA) is 79.2 Å². The van der Waals surface area contributed by atoms with Gasteiger partial charge in [0.2, 0.25) is 0 Å². The predicted octanol–water partition coefficient (Wildman–Crippen LogP) is 1.75.